The van der Waals surface area contributed by atoms with Crippen LogP contribution >= 0.6 is 23.2 Å². The number of hydrogen-bond donors (Lipinski definition) is 1. The highest BCUT2D eigenvalue weighted by Crippen LogP contribution is 2.41. The molecule has 1 fully saturated rings. The van der Waals surface area contributed by atoms with Gasteiger partial charge in [0.25, 0.3) is 0 Å². The molecule has 1 atom stereocenters. The molecule has 39 heavy (non-hydrogen) atoms. The van der Waals surface area contributed by atoms with Gasteiger partial charge in [-0.2, -0.15) is 4.98 Å². The number of ether oxygens (including phenoxy) is 2. The van der Waals surface area contributed by atoms with E-state index in [0.29, 0.717) is 57.2 Å². The number of hydrogen-bond acceptors (Lipinski definition) is 6. The Kier molecular flexibility index (Phi) is 7.69. The van der Waals surface area contributed by atoms with Crippen LogP contribution in [-0.4, -0.2) is 42.8 Å². The second-order valence-corrected chi connectivity index (χ2v) is 11.4. The minimum Gasteiger partial charge on any atom is -0.494 e. The lowest BCUT2D eigenvalue weighted by Gasteiger charge is -2.16. The van der Waals surface area contributed by atoms with Gasteiger partial charge in [0.1, 0.15) is 23.5 Å². The van der Waals surface area contributed by atoms with Crippen LogP contribution in [0.2, 0.25) is 10.0 Å². The third-order valence-corrected chi connectivity index (χ3v) is 7.57. The fourth-order valence-electron chi connectivity index (χ4n) is 4.49. The summed E-state index contributed by atoms with van der Waals surface area (Å²) in [5.74, 6) is 0.340. The number of fused-ring (bicyclic) bond motifs is 1. The van der Waals surface area contributed by atoms with Crippen LogP contribution < -0.4 is 9.47 Å². The highest BCUT2D eigenvalue weighted by Gasteiger charge is 2.41. The van der Waals surface area contributed by atoms with Gasteiger partial charge in [0.2, 0.25) is 5.88 Å². The molecule has 0 spiro atoms. The van der Waals surface area contributed by atoms with Gasteiger partial charge < -0.3 is 19.1 Å². The molecule has 0 amide bonds. The van der Waals surface area contributed by atoms with Crippen LogP contribution in [-0.2, 0) is 11.3 Å². The summed E-state index contributed by atoms with van der Waals surface area (Å²) < 4.78 is 14.0. The van der Waals surface area contributed by atoms with Crippen molar-refractivity contribution in [3.63, 3.8) is 0 Å². The monoisotopic (exact) mass is 568 g/mol. The third-order valence-electron chi connectivity index (χ3n) is 7.03. The van der Waals surface area contributed by atoms with Crippen molar-refractivity contribution in [3.8, 4) is 23.0 Å². The van der Waals surface area contributed by atoms with Gasteiger partial charge in [-0.05, 0) is 68.0 Å². The molecule has 1 saturated carbocycles. The molecule has 5 rings (SSSR count). The zero-order chi connectivity index (χ0) is 27.7. The molecular formula is C29H30Cl2N4O4. The first-order chi connectivity index (χ1) is 18.6. The van der Waals surface area contributed by atoms with Crippen LogP contribution in [0.4, 0.5) is 0 Å². The SMILES string of the molecule is CC(C)C(CCOc1ccc(-c2nc3c(OC4(C)CC4)ncnc3n2Cc2cccc(Cl)c2)c(Cl)c1)C(=O)O. The Hall–Kier alpha value is -3.36. The molecule has 0 radical (unpaired) electrons. The predicted molar refractivity (Wildman–Crippen MR) is 151 cm³/mol. The molecule has 2 aromatic heterocycles. The molecule has 2 aromatic carbocycles. The van der Waals surface area contributed by atoms with Crippen molar-refractivity contribution in [1.29, 1.82) is 0 Å². The molecule has 2 heterocycles. The van der Waals surface area contributed by atoms with E-state index >= 15 is 0 Å². The van der Waals surface area contributed by atoms with Crippen LogP contribution in [0.1, 0.15) is 45.6 Å². The minimum absolute atomic E-state index is 0.0176. The minimum atomic E-state index is -0.817. The Morgan fingerprint density at radius 2 is 1.95 bits per heavy atom. The number of carbonyl (C=O) groups is 1. The number of carboxylic acid groups (broad SMARTS) is 1. The number of carboxylic acids is 1. The number of halogens is 2. The number of aliphatic carboxylic acids is 1. The van der Waals surface area contributed by atoms with Gasteiger partial charge in [-0.25, -0.2) is 9.97 Å². The number of nitrogens with zero attached hydrogens (tertiary/aromatic N) is 4. The summed E-state index contributed by atoms with van der Waals surface area (Å²) in [5.41, 5.74) is 2.63. The summed E-state index contributed by atoms with van der Waals surface area (Å²) >= 11 is 13.0. The Morgan fingerprint density at radius 3 is 2.62 bits per heavy atom. The maximum absolute atomic E-state index is 11.5. The summed E-state index contributed by atoms with van der Waals surface area (Å²) in [5, 5.41) is 10.5. The Morgan fingerprint density at radius 1 is 1.15 bits per heavy atom. The smallest absolute Gasteiger partial charge is 0.306 e. The second-order valence-electron chi connectivity index (χ2n) is 10.5. The molecular weight excluding hydrogens is 539 g/mol. The molecule has 204 valence electrons. The van der Waals surface area contributed by atoms with E-state index in [4.69, 9.17) is 37.7 Å². The average molecular weight is 569 g/mol. The summed E-state index contributed by atoms with van der Waals surface area (Å²) in [6, 6.07) is 13.0. The van der Waals surface area contributed by atoms with E-state index in [1.54, 1.807) is 6.07 Å². The molecule has 10 heteroatoms. The average Bonchev–Trinajstić information content (AvgIpc) is 3.49. The molecule has 8 nitrogen and oxygen atoms in total. The van der Waals surface area contributed by atoms with E-state index in [9.17, 15) is 9.90 Å². The van der Waals surface area contributed by atoms with Crippen LogP contribution in [0.15, 0.2) is 48.8 Å². The van der Waals surface area contributed by atoms with E-state index in [2.05, 4.69) is 16.9 Å². The molecule has 4 aromatic rings. The van der Waals surface area contributed by atoms with Gasteiger partial charge in [-0.3, -0.25) is 4.79 Å². The number of benzene rings is 2. The number of rotatable bonds is 11. The summed E-state index contributed by atoms with van der Waals surface area (Å²) in [6.07, 6.45) is 3.82. The molecule has 1 aliphatic carbocycles. The van der Waals surface area contributed by atoms with Crippen molar-refractivity contribution < 1.29 is 19.4 Å². The number of imidazole rings is 1. The first-order valence-electron chi connectivity index (χ1n) is 12.9. The van der Waals surface area contributed by atoms with E-state index in [0.717, 1.165) is 18.4 Å². The van der Waals surface area contributed by atoms with Crippen molar-refractivity contribution in [2.75, 3.05) is 6.61 Å². The van der Waals surface area contributed by atoms with E-state index in [-0.39, 0.29) is 18.1 Å². The lowest BCUT2D eigenvalue weighted by atomic mass is 9.93. The predicted octanol–water partition coefficient (Wildman–Crippen LogP) is 6.91. The van der Waals surface area contributed by atoms with Gasteiger partial charge in [-0.15, -0.1) is 0 Å². The van der Waals surface area contributed by atoms with Crippen molar-refractivity contribution in [2.45, 2.75) is 52.2 Å². The zero-order valence-electron chi connectivity index (χ0n) is 22.0. The second kappa shape index (κ2) is 11.0. The summed E-state index contributed by atoms with van der Waals surface area (Å²) in [7, 11) is 0. The highest BCUT2D eigenvalue weighted by molar-refractivity contribution is 6.33. The van der Waals surface area contributed by atoms with Crippen LogP contribution in [0, 0.1) is 11.8 Å². The van der Waals surface area contributed by atoms with Crippen molar-refractivity contribution in [1.82, 2.24) is 19.5 Å². The number of aromatic nitrogens is 4. The summed E-state index contributed by atoms with van der Waals surface area (Å²) in [6.45, 7) is 6.57. The molecule has 0 aliphatic heterocycles. The topological polar surface area (TPSA) is 99.4 Å². The first kappa shape index (κ1) is 27.2. The van der Waals surface area contributed by atoms with Gasteiger partial charge in [0.15, 0.2) is 11.2 Å². The largest absolute Gasteiger partial charge is 0.494 e. The molecule has 1 N–H and O–H groups in total. The van der Waals surface area contributed by atoms with Crippen LogP contribution in [0.3, 0.4) is 0 Å². The quantitative estimate of drug-likeness (QED) is 0.210. The molecule has 1 aliphatic rings. The lowest BCUT2D eigenvalue weighted by Crippen LogP contribution is -2.22. The Labute approximate surface area is 236 Å². The molecule has 0 saturated heterocycles. The normalized spacial score (nSPS) is 14.9. The van der Waals surface area contributed by atoms with Gasteiger partial charge in [-0.1, -0.05) is 49.2 Å². The van der Waals surface area contributed by atoms with Crippen molar-refractivity contribution >= 4 is 40.3 Å². The van der Waals surface area contributed by atoms with Crippen LogP contribution in [0.5, 0.6) is 11.6 Å². The highest BCUT2D eigenvalue weighted by atomic mass is 35.5. The summed E-state index contributed by atoms with van der Waals surface area (Å²) in [4.78, 5) is 25.3. The standard InChI is InChI=1S/C29H30Cl2N4O4/c1-17(2)21(28(36)37)9-12-38-20-7-8-22(23(31)14-20)25-34-24-26(32-16-33-27(24)39-29(3)10-11-29)35(25)15-18-5-4-6-19(30)13-18/h4-8,13-14,16-17,21H,9-12,15H2,1-3H3,(H,36,37). The fraction of sp³-hybridized carbons (Fsp3) is 0.379. The first-order valence-corrected chi connectivity index (χ1v) is 13.7. The lowest BCUT2D eigenvalue weighted by molar-refractivity contribution is -0.143. The Bertz CT molecular complexity index is 1520. The maximum Gasteiger partial charge on any atom is 0.306 e. The van der Waals surface area contributed by atoms with E-state index in [1.807, 2.05) is 54.8 Å². The Balaban J connectivity index is 1.49. The third kappa shape index (κ3) is 6.12. The maximum atomic E-state index is 11.5. The van der Waals surface area contributed by atoms with Gasteiger partial charge >= 0.3 is 5.97 Å². The molecule has 1 unspecified atom stereocenters. The van der Waals surface area contributed by atoms with E-state index in [1.165, 1.54) is 6.33 Å². The molecule has 0 bridgehead atoms. The van der Waals surface area contributed by atoms with Crippen molar-refractivity contribution in [2.24, 2.45) is 11.8 Å². The van der Waals surface area contributed by atoms with Gasteiger partial charge in [0.05, 0.1) is 24.1 Å². The van der Waals surface area contributed by atoms with Crippen LogP contribution in [0.25, 0.3) is 22.6 Å². The van der Waals surface area contributed by atoms with Gasteiger partial charge in [0, 0.05) is 10.6 Å². The van der Waals surface area contributed by atoms with E-state index < -0.39 is 11.9 Å². The zero-order valence-corrected chi connectivity index (χ0v) is 23.5. The fourth-order valence-corrected chi connectivity index (χ4v) is 4.96. The van der Waals surface area contributed by atoms with Crippen molar-refractivity contribution in [3.05, 3.63) is 64.4 Å².